The van der Waals surface area contributed by atoms with Crippen LogP contribution >= 0.6 is 0 Å². The minimum Gasteiger partial charge on any atom is -0.494 e. The molecule has 1 aliphatic heterocycles. The summed E-state index contributed by atoms with van der Waals surface area (Å²) in [5.41, 5.74) is 2.83. The Kier molecular flexibility index (Phi) is 6.18. The normalized spacial score (nSPS) is 18.0. The van der Waals surface area contributed by atoms with E-state index in [1.54, 1.807) is 14.2 Å². The molecule has 0 radical (unpaired) electrons. The van der Waals surface area contributed by atoms with Gasteiger partial charge < -0.3 is 18.9 Å². The Morgan fingerprint density at radius 2 is 1.61 bits per heavy atom. The average Bonchev–Trinajstić information content (AvgIpc) is 2.71. The molecule has 0 aliphatic carbocycles. The van der Waals surface area contributed by atoms with Crippen molar-refractivity contribution in [2.45, 2.75) is 45.6 Å². The van der Waals surface area contributed by atoms with Crippen molar-refractivity contribution in [3.63, 3.8) is 0 Å². The van der Waals surface area contributed by atoms with Crippen molar-refractivity contribution in [1.82, 2.24) is 0 Å². The summed E-state index contributed by atoms with van der Waals surface area (Å²) in [6.07, 6.45) is 5.00. The first kappa shape index (κ1) is 20.1. The van der Waals surface area contributed by atoms with Gasteiger partial charge in [0.15, 0.2) is 11.5 Å². The summed E-state index contributed by atoms with van der Waals surface area (Å²) < 4.78 is 23.3. The standard InChI is InChI=1S/C24H30O4/c1-6-12-24(3)20-16-23(26-5)22(25-4)15-18(20)14-21(28-24)17-8-10-19(11-9-17)27-13-7-2/h8-11,14-16H,6-7,12-13H2,1-5H3. The van der Waals surface area contributed by atoms with Crippen LogP contribution in [0.1, 0.15) is 56.7 Å². The van der Waals surface area contributed by atoms with Gasteiger partial charge in [-0.15, -0.1) is 0 Å². The Labute approximate surface area is 168 Å². The second-order valence-electron chi connectivity index (χ2n) is 7.26. The van der Waals surface area contributed by atoms with Crippen molar-refractivity contribution in [2.24, 2.45) is 0 Å². The predicted octanol–water partition coefficient (Wildman–Crippen LogP) is 6.04. The number of ether oxygens (including phenoxy) is 4. The highest BCUT2D eigenvalue weighted by Crippen LogP contribution is 2.46. The van der Waals surface area contributed by atoms with Crippen LogP contribution in [0.15, 0.2) is 36.4 Å². The van der Waals surface area contributed by atoms with Crippen molar-refractivity contribution in [3.8, 4) is 17.2 Å². The monoisotopic (exact) mass is 382 g/mol. The molecule has 1 unspecified atom stereocenters. The lowest BCUT2D eigenvalue weighted by atomic mass is 9.84. The maximum Gasteiger partial charge on any atom is 0.161 e. The van der Waals surface area contributed by atoms with Crippen molar-refractivity contribution >= 4 is 11.8 Å². The highest BCUT2D eigenvalue weighted by Gasteiger charge is 2.35. The second kappa shape index (κ2) is 8.59. The highest BCUT2D eigenvalue weighted by atomic mass is 16.5. The van der Waals surface area contributed by atoms with Gasteiger partial charge in [0.25, 0.3) is 0 Å². The van der Waals surface area contributed by atoms with E-state index in [9.17, 15) is 0 Å². The molecular weight excluding hydrogens is 352 g/mol. The fourth-order valence-electron chi connectivity index (χ4n) is 3.68. The summed E-state index contributed by atoms with van der Waals surface area (Å²) >= 11 is 0. The van der Waals surface area contributed by atoms with E-state index in [2.05, 4.69) is 39.0 Å². The quantitative estimate of drug-likeness (QED) is 0.558. The van der Waals surface area contributed by atoms with Gasteiger partial charge in [-0.3, -0.25) is 0 Å². The highest BCUT2D eigenvalue weighted by molar-refractivity contribution is 5.82. The van der Waals surface area contributed by atoms with Crippen LogP contribution < -0.4 is 14.2 Å². The van der Waals surface area contributed by atoms with Gasteiger partial charge in [-0.25, -0.2) is 0 Å². The van der Waals surface area contributed by atoms with Gasteiger partial charge in [-0.1, -0.05) is 20.3 Å². The Bertz CT molecular complexity index is 838. The number of fused-ring (bicyclic) bond motifs is 1. The zero-order valence-electron chi connectivity index (χ0n) is 17.5. The summed E-state index contributed by atoms with van der Waals surface area (Å²) in [5, 5.41) is 0. The van der Waals surface area contributed by atoms with Crippen molar-refractivity contribution in [1.29, 1.82) is 0 Å². The molecule has 1 aliphatic rings. The zero-order valence-corrected chi connectivity index (χ0v) is 17.5. The van der Waals surface area contributed by atoms with Crippen molar-refractivity contribution in [3.05, 3.63) is 53.1 Å². The van der Waals surface area contributed by atoms with Crippen LogP contribution in [0.3, 0.4) is 0 Å². The first-order valence-electron chi connectivity index (χ1n) is 9.95. The molecule has 0 saturated carbocycles. The molecule has 0 bridgehead atoms. The van der Waals surface area contributed by atoms with E-state index in [0.717, 1.165) is 65.6 Å². The maximum absolute atomic E-state index is 6.54. The molecule has 4 nitrogen and oxygen atoms in total. The molecule has 0 amide bonds. The smallest absolute Gasteiger partial charge is 0.161 e. The Morgan fingerprint density at radius 3 is 2.21 bits per heavy atom. The lowest BCUT2D eigenvalue weighted by Crippen LogP contribution is -2.29. The maximum atomic E-state index is 6.54. The minimum atomic E-state index is -0.425. The average molecular weight is 383 g/mol. The molecule has 150 valence electrons. The molecule has 3 rings (SSSR count). The fourth-order valence-corrected chi connectivity index (χ4v) is 3.68. The van der Waals surface area contributed by atoms with Gasteiger partial charge in [0, 0.05) is 11.1 Å². The molecule has 0 N–H and O–H groups in total. The molecule has 2 aromatic rings. The van der Waals surface area contributed by atoms with Crippen LogP contribution in [-0.2, 0) is 10.3 Å². The van der Waals surface area contributed by atoms with Gasteiger partial charge in [0.2, 0.25) is 0 Å². The summed E-state index contributed by atoms with van der Waals surface area (Å²) in [7, 11) is 3.32. The molecule has 0 fully saturated rings. The van der Waals surface area contributed by atoms with Crippen LogP contribution in [-0.4, -0.2) is 20.8 Å². The minimum absolute atomic E-state index is 0.425. The van der Waals surface area contributed by atoms with Gasteiger partial charge in [0.05, 0.1) is 20.8 Å². The lowest BCUT2D eigenvalue weighted by molar-refractivity contribution is 0.0427. The van der Waals surface area contributed by atoms with Crippen LogP contribution in [0.2, 0.25) is 0 Å². The molecule has 2 aromatic carbocycles. The molecule has 0 spiro atoms. The Hall–Kier alpha value is -2.62. The summed E-state index contributed by atoms with van der Waals surface area (Å²) in [6.45, 7) is 7.15. The molecule has 28 heavy (non-hydrogen) atoms. The SMILES string of the molecule is CCCOc1ccc(C2=Cc3cc(OC)c(OC)cc3C(C)(CCC)O2)cc1. The summed E-state index contributed by atoms with van der Waals surface area (Å²) in [6, 6.07) is 12.2. The van der Waals surface area contributed by atoms with Crippen molar-refractivity contribution in [2.75, 3.05) is 20.8 Å². The molecule has 0 aromatic heterocycles. The third kappa shape index (κ3) is 3.96. The number of methoxy groups -OCH3 is 2. The molecule has 1 atom stereocenters. The molecule has 0 saturated heterocycles. The van der Waals surface area contributed by atoms with Crippen LogP contribution in [0, 0.1) is 0 Å². The van der Waals surface area contributed by atoms with Gasteiger partial charge in [-0.2, -0.15) is 0 Å². The number of hydrogen-bond donors (Lipinski definition) is 0. The van der Waals surface area contributed by atoms with Gasteiger partial charge >= 0.3 is 0 Å². The number of rotatable bonds is 8. The van der Waals surface area contributed by atoms with E-state index in [-0.39, 0.29) is 0 Å². The zero-order chi connectivity index (χ0) is 20.1. The van der Waals surface area contributed by atoms with E-state index in [0.29, 0.717) is 0 Å². The van der Waals surface area contributed by atoms with Crippen molar-refractivity contribution < 1.29 is 18.9 Å². The molecule has 1 heterocycles. The van der Waals surface area contributed by atoms with Crippen LogP contribution in [0.25, 0.3) is 11.8 Å². The second-order valence-corrected chi connectivity index (χ2v) is 7.26. The largest absolute Gasteiger partial charge is 0.494 e. The van der Waals surface area contributed by atoms with E-state index in [4.69, 9.17) is 18.9 Å². The summed E-state index contributed by atoms with van der Waals surface area (Å²) in [5.74, 6) is 3.19. The first-order chi connectivity index (χ1) is 13.5. The third-order valence-electron chi connectivity index (χ3n) is 5.09. The fraction of sp³-hybridized carbons (Fsp3) is 0.417. The Morgan fingerprint density at radius 1 is 0.929 bits per heavy atom. The topological polar surface area (TPSA) is 36.9 Å². The van der Waals surface area contributed by atoms with E-state index in [1.165, 1.54) is 0 Å². The van der Waals surface area contributed by atoms with Crippen LogP contribution in [0.4, 0.5) is 0 Å². The van der Waals surface area contributed by atoms with E-state index < -0.39 is 5.60 Å². The van der Waals surface area contributed by atoms with E-state index in [1.807, 2.05) is 24.3 Å². The number of benzene rings is 2. The molecular formula is C24H30O4. The molecule has 4 heteroatoms. The lowest BCUT2D eigenvalue weighted by Gasteiger charge is -2.37. The first-order valence-corrected chi connectivity index (χ1v) is 9.95. The van der Waals surface area contributed by atoms with E-state index >= 15 is 0 Å². The van der Waals surface area contributed by atoms with Crippen LogP contribution in [0.5, 0.6) is 17.2 Å². The van der Waals surface area contributed by atoms with Gasteiger partial charge in [-0.05, 0) is 67.8 Å². The summed E-state index contributed by atoms with van der Waals surface area (Å²) in [4.78, 5) is 0. The van der Waals surface area contributed by atoms with Gasteiger partial charge in [0.1, 0.15) is 17.1 Å². The number of hydrogen-bond acceptors (Lipinski definition) is 4. The third-order valence-corrected chi connectivity index (χ3v) is 5.09. The Balaban J connectivity index is 2.03. The predicted molar refractivity (Wildman–Crippen MR) is 113 cm³/mol.